The molecule has 0 aliphatic rings. The number of rotatable bonds is 8. The van der Waals surface area contributed by atoms with Gasteiger partial charge in [-0.15, -0.1) is 0 Å². The molecule has 0 saturated carbocycles. The van der Waals surface area contributed by atoms with Gasteiger partial charge in [-0.3, -0.25) is 4.79 Å². The van der Waals surface area contributed by atoms with E-state index in [1.807, 2.05) is 12.1 Å². The van der Waals surface area contributed by atoms with E-state index >= 15 is 0 Å². The first kappa shape index (κ1) is 20.9. The molecule has 0 aliphatic heterocycles. The number of allylic oxidation sites excluding steroid dienone is 1. The van der Waals surface area contributed by atoms with E-state index < -0.39 is 13.3 Å². The van der Waals surface area contributed by atoms with Crippen LogP contribution in [0, 0.1) is 0 Å². The van der Waals surface area contributed by atoms with E-state index in [1.165, 1.54) is 6.92 Å². The molecule has 0 amide bonds. The molecule has 0 aliphatic carbocycles. The zero-order valence-electron chi connectivity index (χ0n) is 15.8. The Labute approximate surface area is 175 Å². The SMILES string of the molecule is C=C(C(C)=O)C(c1ccccc1Cl)P(=O)(Oc1ccccc1)Oc1ccccc1. The molecule has 0 bridgehead atoms. The van der Waals surface area contributed by atoms with E-state index in [-0.39, 0.29) is 11.4 Å². The molecule has 0 heterocycles. The molecule has 6 heteroatoms. The average molecular weight is 427 g/mol. The van der Waals surface area contributed by atoms with E-state index in [2.05, 4.69) is 6.58 Å². The van der Waals surface area contributed by atoms with Gasteiger partial charge in [0.15, 0.2) is 5.78 Å². The molecule has 3 aromatic rings. The van der Waals surface area contributed by atoms with Crippen LogP contribution in [0.4, 0.5) is 0 Å². The summed E-state index contributed by atoms with van der Waals surface area (Å²) in [7, 11) is -4.04. The van der Waals surface area contributed by atoms with Gasteiger partial charge in [-0.25, -0.2) is 4.57 Å². The maximum absolute atomic E-state index is 14.2. The molecule has 3 rings (SSSR count). The number of Topliss-reactive ketones (excluding diaryl/α,β-unsaturated/α-hetero) is 1. The monoisotopic (exact) mass is 426 g/mol. The number of carbonyl (C=O) groups excluding carboxylic acids is 1. The number of para-hydroxylation sites is 2. The van der Waals surface area contributed by atoms with Gasteiger partial charge in [0.1, 0.15) is 17.2 Å². The van der Waals surface area contributed by atoms with Crippen molar-refractivity contribution in [1.82, 2.24) is 0 Å². The minimum atomic E-state index is -4.04. The Kier molecular flexibility index (Phi) is 6.58. The van der Waals surface area contributed by atoms with E-state index in [4.69, 9.17) is 20.6 Å². The Morgan fingerprint density at radius 3 is 1.76 bits per heavy atom. The molecule has 0 spiro atoms. The summed E-state index contributed by atoms with van der Waals surface area (Å²) in [6, 6.07) is 24.2. The van der Waals surface area contributed by atoms with Crippen molar-refractivity contribution in [2.45, 2.75) is 12.6 Å². The highest BCUT2D eigenvalue weighted by Gasteiger charge is 2.44. The molecule has 0 saturated heterocycles. The molecule has 1 unspecified atom stereocenters. The Morgan fingerprint density at radius 2 is 1.31 bits per heavy atom. The van der Waals surface area contributed by atoms with Crippen molar-refractivity contribution in [2.75, 3.05) is 0 Å². The molecule has 1 atom stereocenters. The molecule has 0 aromatic heterocycles. The second kappa shape index (κ2) is 9.13. The highest BCUT2D eigenvalue weighted by atomic mass is 35.5. The summed E-state index contributed by atoms with van der Waals surface area (Å²) >= 11 is 6.40. The fourth-order valence-corrected chi connectivity index (χ4v) is 5.35. The second-order valence-electron chi connectivity index (χ2n) is 6.35. The van der Waals surface area contributed by atoms with Gasteiger partial charge < -0.3 is 9.05 Å². The highest BCUT2D eigenvalue weighted by molar-refractivity contribution is 7.55. The standard InChI is InChI=1S/C23H20ClO4P/c1-17(18(2)25)23(21-15-9-10-16-22(21)24)29(26,27-19-11-5-3-6-12-19)28-20-13-7-4-8-14-20/h3-16,23H,1H2,2H3. The van der Waals surface area contributed by atoms with Gasteiger partial charge >= 0.3 is 7.60 Å². The van der Waals surface area contributed by atoms with Gasteiger partial charge in [-0.2, -0.15) is 0 Å². The van der Waals surface area contributed by atoms with Crippen LogP contribution in [-0.2, 0) is 9.36 Å². The third-order valence-electron chi connectivity index (χ3n) is 4.25. The second-order valence-corrected chi connectivity index (χ2v) is 8.72. The van der Waals surface area contributed by atoms with E-state index in [1.54, 1.807) is 72.8 Å². The first-order valence-corrected chi connectivity index (χ1v) is 10.9. The Morgan fingerprint density at radius 1 is 0.862 bits per heavy atom. The quantitative estimate of drug-likeness (QED) is 0.291. The lowest BCUT2D eigenvalue weighted by Gasteiger charge is -2.29. The van der Waals surface area contributed by atoms with Crippen molar-refractivity contribution in [3.63, 3.8) is 0 Å². The van der Waals surface area contributed by atoms with E-state index in [9.17, 15) is 9.36 Å². The summed E-state index contributed by atoms with van der Waals surface area (Å²) in [5.74, 6) is 0.365. The number of halogens is 1. The summed E-state index contributed by atoms with van der Waals surface area (Å²) in [6.45, 7) is 5.24. The molecular weight excluding hydrogens is 407 g/mol. The molecule has 0 N–H and O–H groups in total. The normalized spacial score (nSPS) is 12.1. The van der Waals surface area contributed by atoms with Crippen LogP contribution in [0.15, 0.2) is 97.1 Å². The fraction of sp³-hybridized carbons (Fsp3) is 0.0870. The van der Waals surface area contributed by atoms with Crippen LogP contribution in [0.1, 0.15) is 18.1 Å². The van der Waals surface area contributed by atoms with Gasteiger partial charge in [0.05, 0.1) is 0 Å². The van der Waals surface area contributed by atoms with E-state index in [0.29, 0.717) is 22.1 Å². The van der Waals surface area contributed by atoms with Crippen molar-refractivity contribution >= 4 is 25.0 Å². The van der Waals surface area contributed by atoms with Crippen molar-refractivity contribution < 1.29 is 18.4 Å². The summed E-state index contributed by atoms with van der Waals surface area (Å²) in [5.41, 5.74) is -0.535. The lowest BCUT2D eigenvalue weighted by molar-refractivity contribution is -0.113. The summed E-state index contributed by atoms with van der Waals surface area (Å²) < 4.78 is 26.1. The first-order valence-electron chi connectivity index (χ1n) is 8.94. The lowest BCUT2D eigenvalue weighted by Crippen LogP contribution is -2.16. The molecule has 29 heavy (non-hydrogen) atoms. The topological polar surface area (TPSA) is 52.6 Å². The average Bonchev–Trinajstić information content (AvgIpc) is 2.71. The predicted octanol–water partition coefficient (Wildman–Crippen LogP) is 6.88. The molecular formula is C23H20ClO4P. The van der Waals surface area contributed by atoms with Gasteiger partial charge in [0.2, 0.25) is 0 Å². The van der Waals surface area contributed by atoms with Gasteiger partial charge in [0, 0.05) is 10.6 Å². The Balaban J connectivity index is 2.16. The summed E-state index contributed by atoms with van der Waals surface area (Å²) in [4.78, 5) is 12.2. The predicted molar refractivity (Wildman–Crippen MR) is 116 cm³/mol. The van der Waals surface area contributed by atoms with Crippen molar-refractivity contribution in [1.29, 1.82) is 0 Å². The van der Waals surface area contributed by atoms with Gasteiger partial charge in [-0.1, -0.05) is 72.8 Å². The fourth-order valence-electron chi connectivity index (χ4n) is 2.82. The van der Waals surface area contributed by atoms with Crippen LogP contribution in [-0.4, -0.2) is 5.78 Å². The molecule has 4 nitrogen and oxygen atoms in total. The van der Waals surface area contributed by atoms with Crippen LogP contribution in [0.2, 0.25) is 5.02 Å². The number of benzene rings is 3. The van der Waals surface area contributed by atoms with Crippen LogP contribution >= 0.6 is 19.2 Å². The van der Waals surface area contributed by atoms with Gasteiger partial charge in [0.25, 0.3) is 0 Å². The Bertz CT molecular complexity index is 1010. The smallest absolute Gasteiger partial charge is 0.415 e. The molecule has 0 fully saturated rings. The summed E-state index contributed by atoms with van der Waals surface area (Å²) in [6.07, 6.45) is 0. The maximum Gasteiger partial charge on any atom is 0.442 e. The van der Waals surface area contributed by atoms with Gasteiger partial charge in [-0.05, 0) is 42.8 Å². The van der Waals surface area contributed by atoms with Crippen LogP contribution < -0.4 is 9.05 Å². The number of hydrogen-bond acceptors (Lipinski definition) is 4. The minimum absolute atomic E-state index is 0.0910. The lowest BCUT2D eigenvalue weighted by atomic mass is 10.0. The van der Waals surface area contributed by atoms with Crippen molar-refractivity contribution in [2.24, 2.45) is 0 Å². The zero-order valence-corrected chi connectivity index (χ0v) is 17.5. The molecule has 148 valence electrons. The van der Waals surface area contributed by atoms with Crippen LogP contribution in [0.25, 0.3) is 0 Å². The number of hydrogen-bond donors (Lipinski definition) is 0. The molecule has 3 aromatic carbocycles. The van der Waals surface area contributed by atoms with Crippen LogP contribution in [0.5, 0.6) is 11.5 Å². The minimum Gasteiger partial charge on any atom is -0.415 e. The number of ketones is 1. The molecule has 0 radical (unpaired) electrons. The maximum atomic E-state index is 14.2. The number of carbonyl (C=O) groups is 1. The van der Waals surface area contributed by atoms with Crippen LogP contribution in [0.3, 0.4) is 0 Å². The third-order valence-corrected chi connectivity index (χ3v) is 6.75. The van der Waals surface area contributed by atoms with Crippen molar-refractivity contribution in [3.8, 4) is 11.5 Å². The Hall–Kier alpha value is -2.81. The third kappa shape index (κ3) is 4.97. The van der Waals surface area contributed by atoms with Crippen molar-refractivity contribution in [3.05, 3.63) is 108 Å². The highest BCUT2D eigenvalue weighted by Crippen LogP contribution is 2.63. The first-order chi connectivity index (χ1) is 13.9. The largest absolute Gasteiger partial charge is 0.442 e. The zero-order chi connectivity index (χ0) is 20.9. The van der Waals surface area contributed by atoms with E-state index in [0.717, 1.165) is 0 Å². The summed E-state index contributed by atoms with van der Waals surface area (Å²) in [5, 5.41) is 0.341.